The number of carbonyl (C=O) groups is 4. The Balaban J connectivity index is 0.00000238. The van der Waals surface area contributed by atoms with Crippen molar-refractivity contribution in [3.8, 4) is 0 Å². The zero-order valence-corrected chi connectivity index (χ0v) is 47.5. The molecule has 0 heterocycles. The summed E-state index contributed by atoms with van der Waals surface area (Å²) < 4.78 is 17.9. The molecule has 4 atom stereocenters. The highest BCUT2D eigenvalue weighted by atomic mass is 16.5. The number of carbonyl (C=O) groups excluding carboxylic acids is 4. The Labute approximate surface area is 427 Å². The molecular weight excluding hydrogens is 859 g/mol. The highest BCUT2D eigenvalue weighted by Gasteiger charge is 2.60. The van der Waals surface area contributed by atoms with Gasteiger partial charge in [0.05, 0.1) is 19.8 Å². The minimum Gasteiger partial charge on any atom is -0.467 e. The van der Waals surface area contributed by atoms with E-state index in [1.54, 1.807) is 0 Å². The standard InChI is InChI=1S/C53H96O7.C8H19N/c1-8-13-14-15-16-17-18-19-20-21-22-31-47(55)34-35-52-36-50(6,41-58-44-54)38-53(40-52,43-60-49(57)33-24-30-46(27-11-4)28-12-5)39-51(7,37-52)42-59-48(56)32-23-29-45(25-9-2)26-10-3;1-4-7-8-9(5-2)6-3/h44-46H,8-43H2,1-7H3;4-8H2,1-3H3. The number of ether oxygens (including phenoxy) is 3. The number of ketones is 1. The van der Waals surface area contributed by atoms with Gasteiger partial charge in [-0.15, -0.1) is 0 Å². The van der Waals surface area contributed by atoms with E-state index in [4.69, 9.17) is 14.2 Å². The van der Waals surface area contributed by atoms with Crippen LogP contribution in [0.3, 0.4) is 0 Å². The van der Waals surface area contributed by atoms with Gasteiger partial charge in [0.25, 0.3) is 6.47 Å². The molecule has 2 bridgehead atoms. The zero-order valence-electron chi connectivity index (χ0n) is 47.5. The normalized spacial score (nSPS) is 22.1. The van der Waals surface area contributed by atoms with E-state index in [2.05, 4.69) is 74.1 Å². The molecule has 8 nitrogen and oxygen atoms in total. The van der Waals surface area contributed by atoms with Gasteiger partial charge in [0, 0.05) is 41.9 Å². The molecule has 0 aliphatic heterocycles. The summed E-state index contributed by atoms with van der Waals surface area (Å²) in [5.41, 5.74) is -1.23. The first-order chi connectivity index (χ1) is 33.2. The minimum atomic E-state index is -0.367. The van der Waals surface area contributed by atoms with E-state index in [1.165, 1.54) is 142 Å². The van der Waals surface area contributed by atoms with Crippen LogP contribution in [0, 0.1) is 33.5 Å². The van der Waals surface area contributed by atoms with Crippen LogP contribution in [0.2, 0.25) is 0 Å². The summed E-state index contributed by atoms with van der Waals surface area (Å²) in [7, 11) is 0. The second-order valence-corrected chi connectivity index (χ2v) is 23.6. The first kappa shape index (κ1) is 65.1. The average molecular weight is 975 g/mol. The Morgan fingerprint density at radius 2 is 0.899 bits per heavy atom. The first-order valence-electron chi connectivity index (χ1n) is 29.8. The quantitative estimate of drug-likeness (QED) is 0.0258. The van der Waals surface area contributed by atoms with Crippen LogP contribution < -0.4 is 0 Å². The summed E-state index contributed by atoms with van der Waals surface area (Å²) in [6.07, 6.45) is 36.7. The van der Waals surface area contributed by atoms with Crippen LogP contribution >= 0.6 is 0 Å². The number of Topliss-reactive ketones (excluding diaryl/α,β-unsaturated/α-hetero) is 1. The van der Waals surface area contributed by atoms with Crippen LogP contribution in [0.15, 0.2) is 0 Å². The van der Waals surface area contributed by atoms with Crippen molar-refractivity contribution < 1.29 is 33.4 Å². The molecular formula is C61H115NO7. The predicted molar refractivity (Wildman–Crippen MR) is 290 cm³/mol. The Hall–Kier alpha value is -1.96. The molecule has 8 heteroatoms. The second kappa shape index (κ2) is 38.6. The van der Waals surface area contributed by atoms with Gasteiger partial charge in [-0.05, 0) is 114 Å². The number of fused-ring (bicyclic) bond motifs is 2. The van der Waals surface area contributed by atoms with E-state index in [-0.39, 0.29) is 33.6 Å². The highest BCUT2D eigenvalue weighted by molar-refractivity contribution is 5.78. The van der Waals surface area contributed by atoms with E-state index < -0.39 is 0 Å². The Kier molecular flexibility index (Phi) is 36.4. The number of hydrogen-bond donors (Lipinski definition) is 0. The minimum absolute atomic E-state index is 0.121. The average Bonchev–Trinajstić information content (AvgIpc) is 3.31. The third-order valence-corrected chi connectivity index (χ3v) is 16.1. The Bertz CT molecular complexity index is 1300. The molecule has 2 rings (SSSR count). The van der Waals surface area contributed by atoms with E-state index in [1.807, 2.05) is 0 Å². The van der Waals surface area contributed by atoms with Crippen molar-refractivity contribution in [1.82, 2.24) is 4.90 Å². The van der Waals surface area contributed by atoms with Crippen molar-refractivity contribution in [1.29, 1.82) is 0 Å². The molecule has 2 fully saturated rings. The maximum absolute atomic E-state index is 13.6. The fourth-order valence-electron chi connectivity index (χ4n) is 13.4. The second-order valence-electron chi connectivity index (χ2n) is 23.6. The smallest absolute Gasteiger partial charge is 0.305 e. The van der Waals surface area contributed by atoms with Gasteiger partial charge in [-0.3, -0.25) is 19.2 Å². The van der Waals surface area contributed by atoms with Crippen molar-refractivity contribution in [3.05, 3.63) is 0 Å². The molecule has 2 aliphatic carbocycles. The Morgan fingerprint density at radius 1 is 0.464 bits per heavy atom. The summed E-state index contributed by atoms with van der Waals surface area (Å²) in [6.45, 7) is 27.5. The van der Waals surface area contributed by atoms with Crippen LogP contribution in [0.1, 0.15) is 294 Å². The lowest BCUT2D eigenvalue weighted by Gasteiger charge is -2.62. The summed E-state index contributed by atoms with van der Waals surface area (Å²) in [5, 5.41) is 0. The highest BCUT2D eigenvalue weighted by Crippen LogP contribution is 2.67. The van der Waals surface area contributed by atoms with Crippen molar-refractivity contribution in [3.63, 3.8) is 0 Å². The predicted octanol–water partition coefficient (Wildman–Crippen LogP) is 17.2. The number of hydrogen-bond acceptors (Lipinski definition) is 8. The topological polar surface area (TPSA) is 99.2 Å². The number of nitrogens with zero attached hydrogens (tertiary/aromatic N) is 1. The molecule has 0 aromatic carbocycles. The molecule has 0 N–H and O–H groups in total. The lowest BCUT2D eigenvalue weighted by molar-refractivity contribution is -0.184. The molecule has 69 heavy (non-hydrogen) atoms. The summed E-state index contributed by atoms with van der Waals surface area (Å²) in [4.78, 5) is 54.3. The molecule has 0 spiro atoms. The van der Waals surface area contributed by atoms with Gasteiger partial charge in [0.15, 0.2) is 0 Å². The summed E-state index contributed by atoms with van der Waals surface area (Å²) in [6, 6.07) is 0. The van der Waals surface area contributed by atoms with Crippen LogP contribution in [0.5, 0.6) is 0 Å². The monoisotopic (exact) mass is 974 g/mol. The summed E-state index contributed by atoms with van der Waals surface area (Å²) in [5.74, 6) is 1.42. The van der Waals surface area contributed by atoms with Gasteiger partial charge in [-0.25, -0.2) is 0 Å². The molecule has 0 saturated heterocycles. The summed E-state index contributed by atoms with van der Waals surface area (Å²) >= 11 is 0. The lowest BCUT2D eigenvalue weighted by atomic mass is 9.43. The molecule has 2 saturated carbocycles. The molecule has 406 valence electrons. The molecule has 0 amide bonds. The fraction of sp³-hybridized carbons (Fsp3) is 0.934. The van der Waals surface area contributed by atoms with Gasteiger partial charge >= 0.3 is 11.9 Å². The van der Waals surface area contributed by atoms with Crippen LogP contribution in [-0.4, -0.2) is 68.5 Å². The third-order valence-electron chi connectivity index (χ3n) is 16.1. The van der Waals surface area contributed by atoms with Crippen molar-refractivity contribution in [2.24, 2.45) is 33.5 Å². The van der Waals surface area contributed by atoms with E-state index in [0.29, 0.717) is 69.6 Å². The van der Waals surface area contributed by atoms with Crippen LogP contribution in [0.25, 0.3) is 0 Å². The number of esters is 2. The van der Waals surface area contributed by atoms with Crippen molar-refractivity contribution in [2.75, 3.05) is 39.5 Å². The van der Waals surface area contributed by atoms with Gasteiger partial charge in [0.1, 0.15) is 5.78 Å². The molecule has 2 aliphatic rings. The molecule has 0 aromatic heterocycles. The zero-order chi connectivity index (χ0) is 51.3. The van der Waals surface area contributed by atoms with Gasteiger partial charge in [0.2, 0.25) is 0 Å². The SMILES string of the molecule is CCCCCCCCCCCCCC(=O)CCC12CC(C)(COC=O)CC(COC(=O)CCCC(CCC)CCC)(CC(C)(COC(=O)CCCC(CCC)CCC)C1)C2.CCCCN(CC)CC. The number of rotatable bonds is 43. The largest absolute Gasteiger partial charge is 0.467 e. The van der Waals surface area contributed by atoms with Crippen LogP contribution in [-0.2, 0) is 33.4 Å². The van der Waals surface area contributed by atoms with E-state index in [0.717, 1.165) is 77.0 Å². The fourth-order valence-corrected chi connectivity index (χ4v) is 13.4. The first-order valence-corrected chi connectivity index (χ1v) is 29.8. The lowest BCUT2D eigenvalue weighted by Crippen LogP contribution is -2.56. The van der Waals surface area contributed by atoms with Crippen molar-refractivity contribution in [2.45, 2.75) is 294 Å². The maximum atomic E-state index is 13.6. The van der Waals surface area contributed by atoms with E-state index >= 15 is 0 Å². The van der Waals surface area contributed by atoms with Crippen molar-refractivity contribution >= 4 is 24.2 Å². The number of unbranched alkanes of at least 4 members (excludes halogenated alkanes) is 11. The van der Waals surface area contributed by atoms with Gasteiger partial charge in [-0.2, -0.15) is 0 Å². The molecule has 0 radical (unpaired) electrons. The maximum Gasteiger partial charge on any atom is 0.305 e. The Morgan fingerprint density at radius 3 is 1.35 bits per heavy atom. The van der Waals surface area contributed by atoms with E-state index in [9.17, 15) is 19.2 Å². The van der Waals surface area contributed by atoms with Crippen LogP contribution in [0.4, 0.5) is 0 Å². The molecule has 0 aromatic rings. The molecule has 4 unspecified atom stereocenters. The third kappa shape index (κ3) is 29.4. The van der Waals surface area contributed by atoms with Gasteiger partial charge in [-0.1, -0.05) is 191 Å². The van der Waals surface area contributed by atoms with Gasteiger partial charge < -0.3 is 19.1 Å².